The first-order valence-electron chi connectivity index (χ1n) is 5.93. The average Bonchev–Trinajstić information content (AvgIpc) is 2.78. The quantitative estimate of drug-likeness (QED) is 0.818. The van der Waals surface area contributed by atoms with Crippen LogP contribution >= 0.6 is 0 Å². The molecular weight excluding hydrogens is 202 g/mol. The van der Waals surface area contributed by atoms with Gasteiger partial charge in [-0.3, -0.25) is 4.90 Å². The second-order valence-electron chi connectivity index (χ2n) is 4.18. The minimum Gasteiger partial charge on any atom is -0.492 e. The normalized spacial score (nSPS) is 21.2. The van der Waals surface area contributed by atoms with Gasteiger partial charge in [-0.15, -0.1) is 0 Å². The third kappa shape index (κ3) is 2.97. The summed E-state index contributed by atoms with van der Waals surface area (Å²) in [6.07, 6.45) is 2.30. The van der Waals surface area contributed by atoms with Crippen LogP contribution in [-0.2, 0) is 0 Å². The molecule has 1 fully saturated rings. The van der Waals surface area contributed by atoms with E-state index in [1.54, 1.807) is 0 Å². The van der Waals surface area contributed by atoms with Gasteiger partial charge in [0.15, 0.2) is 0 Å². The maximum atomic E-state index is 9.17. The van der Waals surface area contributed by atoms with Crippen molar-refractivity contribution >= 4 is 0 Å². The van der Waals surface area contributed by atoms with Gasteiger partial charge in [-0.2, -0.15) is 0 Å². The van der Waals surface area contributed by atoms with Gasteiger partial charge in [0.05, 0.1) is 6.61 Å². The Morgan fingerprint density at radius 1 is 1.31 bits per heavy atom. The summed E-state index contributed by atoms with van der Waals surface area (Å²) in [4.78, 5) is 2.31. The molecule has 0 bridgehead atoms. The molecule has 88 valence electrons. The number of benzene rings is 1. The van der Waals surface area contributed by atoms with Crippen LogP contribution in [-0.4, -0.2) is 42.4 Å². The molecule has 1 aliphatic rings. The molecule has 1 aromatic rings. The summed E-state index contributed by atoms with van der Waals surface area (Å²) in [5, 5.41) is 9.17. The van der Waals surface area contributed by atoms with E-state index in [1.807, 2.05) is 30.3 Å². The van der Waals surface area contributed by atoms with Gasteiger partial charge in [0.25, 0.3) is 0 Å². The number of likely N-dealkylation sites (tertiary alicyclic amines) is 1. The number of hydrogen-bond acceptors (Lipinski definition) is 3. The van der Waals surface area contributed by atoms with Gasteiger partial charge < -0.3 is 9.84 Å². The summed E-state index contributed by atoms with van der Waals surface area (Å²) < 4.78 is 5.64. The van der Waals surface area contributed by atoms with Gasteiger partial charge in [0, 0.05) is 12.6 Å². The Morgan fingerprint density at radius 3 is 2.88 bits per heavy atom. The maximum absolute atomic E-state index is 9.17. The molecule has 3 nitrogen and oxygen atoms in total. The van der Waals surface area contributed by atoms with Crippen LogP contribution in [0.3, 0.4) is 0 Å². The first-order valence-corrected chi connectivity index (χ1v) is 5.93. The lowest BCUT2D eigenvalue weighted by Gasteiger charge is -2.22. The molecule has 1 heterocycles. The molecule has 1 atom stereocenters. The fourth-order valence-corrected chi connectivity index (χ4v) is 2.19. The fraction of sp³-hybridized carbons (Fsp3) is 0.538. The monoisotopic (exact) mass is 221 g/mol. The van der Waals surface area contributed by atoms with Crippen LogP contribution in [0.2, 0.25) is 0 Å². The lowest BCUT2D eigenvalue weighted by atomic mass is 10.2. The van der Waals surface area contributed by atoms with E-state index in [1.165, 1.54) is 6.42 Å². The Hall–Kier alpha value is -1.06. The molecule has 0 aromatic heterocycles. The molecular formula is C13H19NO2. The number of rotatable bonds is 5. The fourth-order valence-electron chi connectivity index (χ4n) is 2.19. The Labute approximate surface area is 96.6 Å². The molecule has 0 saturated carbocycles. The Balaban J connectivity index is 1.72. The van der Waals surface area contributed by atoms with Gasteiger partial charge in [0.2, 0.25) is 0 Å². The largest absolute Gasteiger partial charge is 0.492 e. The Bertz CT molecular complexity index is 302. The van der Waals surface area contributed by atoms with Crippen molar-refractivity contribution in [2.75, 3.05) is 26.3 Å². The second-order valence-corrected chi connectivity index (χ2v) is 4.18. The standard InChI is InChI=1S/C13H19NO2/c15-11-12-5-4-8-14(12)9-10-16-13-6-2-1-3-7-13/h1-3,6-7,12,15H,4-5,8-11H2/t12-/m0/s1. The van der Waals surface area contributed by atoms with Crippen LogP contribution in [0.25, 0.3) is 0 Å². The van der Waals surface area contributed by atoms with Gasteiger partial charge in [-0.05, 0) is 31.5 Å². The summed E-state index contributed by atoms with van der Waals surface area (Å²) in [6, 6.07) is 10.2. The van der Waals surface area contributed by atoms with Crippen LogP contribution in [0, 0.1) is 0 Å². The molecule has 16 heavy (non-hydrogen) atoms. The van der Waals surface area contributed by atoms with E-state index in [0.29, 0.717) is 12.6 Å². The molecule has 0 unspecified atom stereocenters. The van der Waals surface area contributed by atoms with Gasteiger partial charge in [0.1, 0.15) is 12.4 Å². The third-order valence-electron chi connectivity index (χ3n) is 3.10. The predicted octanol–water partition coefficient (Wildman–Crippen LogP) is 1.52. The van der Waals surface area contributed by atoms with Gasteiger partial charge in [-0.1, -0.05) is 18.2 Å². The van der Waals surface area contributed by atoms with Crippen molar-refractivity contribution < 1.29 is 9.84 Å². The lowest BCUT2D eigenvalue weighted by Crippen LogP contribution is -2.35. The zero-order chi connectivity index (χ0) is 11.2. The summed E-state index contributed by atoms with van der Waals surface area (Å²) >= 11 is 0. The van der Waals surface area contributed by atoms with Gasteiger partial charge in [-0.25, -0.2) is 0 Å². The number of hydrogen-bond donors (Lipinski definition) is 1. The molecule has 1 N–H and O–H groups in total. The summed E-state index contributed by atoms with van der Waals surface area (Å²) in [5.74, 6) is 0.919. The number of aliphatic hydroxyl groups excluding tert-OH is 1. The van der Waals surface area contributed by atoms with E-state index in [2.05, 4.69) is 4.90 Å². The maximum Gasteiger partial charge on any atom is 0.119 e. The van der Waals surface area contributed by atoms with Crippen molar-refractivity contribution in [3.05, 3.63) is 30.3 Å². The van der Waals surface area contributed by atoms with E-state index in [9.17, 15) is 5.11 Å². The number of aliphatic hydroxyl groups is 1. The topological polar surface area (TPSA) is 32.7 Å². The molecule has 0 amide bonds. The SMILES string of the molecule is OC[C@@H]1CCCN1CCOc1ccccc1. The van der Waals surface area contributed by atoms with Crippen LogP contribution < -0.4 is 4.74 Å². The van der Waals surface area contributed by atoms with Crippen molar-refractivity contribution in [1.29, 1.82) is 0 Å². The first kappa shape index (κ1) is 11.4. The lowest BCUT2D eigenvalue weighted by molar-refractivity contribution is 0.139. The first-order chi connectivity index (χ1) is 7.90. The summed E-state index contributed by atoms with van der Waals surface area (Å²) in [7, 11) is 0. The van der Waals surface area contributed by atoms with E-state index in [-0.39, 0.29) is 6.61 Å². The van der Waals surface area contributed by atoms with E-state index in [4.69, 9.17) is 4.74 Å². The van der Waals surface area contributed by atoms with E-state index in [0.717, 1.165) is 25.3 Å². The number of ether oxygens (including phenoxy) is 1. The zero-order valence-electron chi connectivity index (χ0n) is 9.51. The van der Waals surface area contributed by atoms with Crippen LogP contribution in [0.1, 0.15) is 12.8 Å². The summed E-state index contributed by atoms with van der Waals surface area (Å²) in [6.45, 7) is 2.95. The molecule has 1 saturated heterocycles. The predicted molar refractivity (Wildman–Crippen MR) is 63.6 cm³/mol. The molecule has 2 rings (SSSR count). The molecule has 0 spiro atoms. The molecule has 3 heteroatoms. The van der Waals surface area contributed by atoms with Crippen molar-refractivity contribution in [3.63, 3.8) is 0 Å². The van der Waals surface area contributed by atoms with Crippen molar-refractivity contribution in [2.24, 2.45) is 0 Å². The van der Waals surface area contributed by atoms with Crippen molar-refractivity contribution in [3.8, 4) is 5.75 Å². The minimum absolute atomic E-state index is 0.269. The van der Waals surface area contributed by atoms with Crippen molar-refractivity contribution in [2.45, 2.75) is 18.9 Å². The minimum atomic E-state index is 0.269. The highest BCUT2D eigenvalue weighted by atomic mass is 16.5. The molecule has 1 aromatic carbocycles. The third-order valence-corrected chi connectivity index (χ3v) is 3.10. The Kier molecular flexibility index (Phi) is 4.19. The second kappa shape index (κ2) is 5.87. The van der Waals surface area contributed by atoms with E-state index >= 15 is 0 Å². The average molecular weight is 221 g/mol. The summed E-state index contributed by atoms with van der Waals surface area (Å²) in [5.41, 5.74) is 0. The van der Waals surface area contributed by atoms with Crippen LogP contribution in [0.4, 0.5) is 0 Å². The van der Waals surface area contributed by atoms with Crippen LogP contribution in [0.5, 0.6) is 5.75 Å². The molecule has 0 aliphatic carbocycles. The number of para-hydroxylation sites is 1. The molecule has 1 aliphatic heterocycles. The van der Waals surface area contributed by atoms with E-state index < -0.39 is 0 Å². The van der Waals surface area contributed by atoms with Crippen LogP contribution in [0.15, 0.2) is 30.3 Å². The zero-order valence-corrected chi connectivity index (χ0v) is 9.51. The highest BCUT2D eigenvalue weighted by molar-refractivity contribution is 5.20. The van der Waals surface area contributed by atoms with Gasteiger partial charge >= 0.3 is 0 Å². The highest BCUT2D eigenvalue weighted by Crippen LogP contribution is 2.16. The Morgan fingerprint density at radius 2 is 2.12 bits per heavy atom. The smallest absolute Gasteiger partial charge is 0.119 e. The number of nitrogens with zero attached hydrogens (tertiary/aromatic N) is 1. The molecule has 0 radical (unpaired) electrons. The van der Waals surface area contributed by atoms with Crippen molar-refractivity contribution in [1.82, 2.24) is 4.90 Å². The highest BCUT2D eigenvalue weighted by Gasteiger charge is 2.22.